The molecule has 1 aromatic carbocycles. The molecule has 0 radical (unpaired) electrons. The van der Waals surface area contributed by atoms with E-state index < -0.39 is 5.97 Å². The maximum atomic E-state index is 12.8. The molecular formula is C17H17ClFN3O3. The number of aromatic nitrogens is 1. The molecule has 1 aromatic heterocycles. The molecule has 0 aliphatic heterocycles. The van der Waals surface area contributed by atoms with Gasteiger partial charge in [-0.25, -0.2) is 14.2 Å². The number of ether oxygens (including phenoxy) is 1. The van der Waals surface area contributed by atoms with Gasteiger partial charge in [-0.15, -0.1) is 0 Å². The Labute approximate surface area is 149 Å². The zero-order valence-corrected chi connectivity index (χ0v) is 14.3. The van der Waals surface area contributed by atoms with Gasteiger partial charge in [-0.3, -0.25) is 4.79 Å². The smallest absolute Gasteiger partial charge is 0.339 e. The number of esters is 1. The monoisotopic (exact) mass is 365 g/mol. The number of nitrogens with one attached hydrogen (secondary N) is 2. The van der Waals surface area contributed by atoms with Crippen LogP contribution in [0.2, 0.25) is 5.02 Å². The molecule has 1 amide bonds. The lowest BCUT2D eigenvalue weighted by Crippen LogP contribution is -2.29. The quantitative estimate of drug-likeness (QED) is 0.737. The van der Waals surface area contributed by atoms with E-state index in [9.17, 15) is 14.0 Å². The topological polar surface area (TPSA) is 80.3 Å². The number of anilines is 1. The Morgan fingerprint density at radius 2 is 2.00 bits per heavy atom. The van der Waals surface area contributed by atoms with Crippen molar-refractivity contribution in [2.75, 3.05) is 18.5 Å². The minimum Gasteiger partial charge on any atom is -0.462 e. The number of halogens is 2. The fourth-order valence-corrected chi connectivity index (χ4v) is 2.16. The van der Waals surface area contributed by atoms with Gasteiger partial charge in [-0.05, 0) is 30.7 Å². The third-order valence-electron chi connectivity index (χ3n) is 3.17. The molecule has 0 bridgehead atoms. The molecule has 6 nitrogen and oxygen atoms in total. The van der Waals surface area contributed by atoms with Crippen molar-refractivity contribution < 1.29 is 18.7 Å². The normalized spacial score (nSPS) is 10.2. The van der Waals surface area contributed by atoms with Crippen LogP contribution in [-0.2, 0) is 16.1 Å². The summed E-state index contributed by atoms with van der Waals surface area (Å²) >= 11 is 6.04. The Morgan fingerprint density at radius 1 is 1.28 bits per heavy atom. The van der Waals surface area contributed by atoms with Crippen molar-refractivity contribution >= 4 is 29.3 Å². The lowest BCUT2D eigenvalue weighted by atomic mass is 10.2. The molecule has 0 aliphatic carbocycles. The van der Waals surface area contributed by atoms with E-state index in [0.29, 0.717) is 0 Å². The van der Waals surface area contributed by atoms with Crippen molar-refractivity contribution in [2.24, 2.45) is 0 Å². The van der Waals surface area contributed by atoms with E-state index in [1.165, 1.54) is 24.4 Å². The Hall–Kier alpha value is -2.67. The number of hydrogen-bond acceptors (Lipinski definition) is 5. The van der Waals surface area contributed by atoms with Crippen molar-refractivity contribution in [2.45, 2.75) is 13.5 Å². The van der Waals surface area contributed by atoms with E-state index in [-0.39, 0.29) is 47.8 Å². The van der Waals surface area contributed by atoms with E-state index in [2.05, 4.69) is 15.6 Å². The molecule has 0 atom stereocenters. The lowest BCUT2D eigenvalue weighted by molar-refractivity contribution is -0.119. The van der Waals surface area contributed by atoms with E-state index in [4.69, 9.17) is 16.3 Å². The summed E-state index contributed by atoms with van der Waals surface area (Å²) in [7, 11) is 0. The van der Waals surface area contributed by atoms with Gasteiger partial charge in [0.15, 0.2) is 0 Å². The summed E-state index contributed by atoms with van der Waals surface area (Å²) < 4.78 is 17.7. The third kappa shape index (κ3) is 5.72. The molecule has 0 spiro atoms. The number of amides is 1. The van der Waals surface area contributed by atoms with Crippen LogP contribution in [0.25, 0.3) is 0 Å². The molecule has 2 N–H and O–H groups in total. The average molecular weight is 366 g/mol. The molecule has 2 rings (SSSR count). The summed E-state index contributed by atoms with van der Waals surface area (Å²) in [5.74, 6) is -0.840. The number of pyridine rings is 1. The first-order chi connectivity index (χ1) is 12.0. The van der Waals surface area contributed by atoms with Gasteiger partial charge in [0.05, 0.1) is 23.7 Å². The van der Waals surface area contributed by atoms with Gasteiger partial charge in [0.1, 0.15) is 11.6 Å². The van der Waals surface area contributed by atoms with E-state index in [0.717, 1.165) is 5.56 Å². The zero-order chi connectivity index (χ0) is 18.2. The highest BCUT2D eigenvalue weighted by atomic mass is 35.5. The fraction of sp³-hybridized carbons (Fsp3) is 0.235. The van der Waals surface area contributed by atoms with Crippen LogP contribution in [0.3, 0.4) is 0 Å². The van der Waals surface area contributed by atoms with Crippen LogP contribution < -0.4 is 10.6 Å². The van der Waals surface area contributed by atoms with Crippen LogP contribution in [0.1, 0.15) is 22.8 Å². The highest BCUT2D eigenvalue weighted by Gasteiger charge is 2.11. The predicted molar refractivity (Wildman–Crippen MR) is 91.9 cm³/mol. The maximum absolute atomic E-state index is 12.8. The van der Waals surface area contributed by atoms with Crippen LogP contribution in [0.4, 0.5) is 10.2 Å². The van der Waals surface area contributed by atoms with Gasteiger partial charge in [0.25, 0.3) is 0 Å². The highest BCUT2D eigenvalue weighted by Crippen LogP contribution is 2.20. The minimum absolute atomic E-state index is 0.0489. The molecular weight excluding hydrogens is 349 g/mol. The first-order valence-electron chi connectivity index (χ1n) is 7.57. The first-order valence-corrected chi connectivity index (χ1v) is 7.95. The Balaban J connectivity index is 1.84. The van der Waals surface area contributed by atoms with Crippen molar-refractivity contribution in [3.05, 3.63) is 58.5 Å². The number of carbonyl (C=O) groups excluding carboxylic acids is 2. The van der Waals surface area contributed by atoms with Gasteiger partial charge >= 0.3 is 5.97 Å². The molecule has 132 valence electrons. The molecule has 25 heavy (non-hydrogen) atoms. The minimum atomic E-state index is -0.513. The van der Waals surface area contributed by atoms with Gasteiger partial charge in [-0.1, -0.05) is 23.7 Å². The summed E-state index contributed by atoms with van der Waals surface area (Å²) in [6.45, 7) is 2.19. The molecule has 0 aliphatic rings. The zero-order valence-electron chi connectivity index (χ0n) is 13.5. The Morgan fingerprint density at radius 3 is 2.64 bits per heavy atom. The van der Waals surface area contributed by atoms with Crippen molar-refractivity contribution in [1.82, 2.24) is 10.3 Å². The highest BCUT2D eigenvalue weighted by molar-refractivity contribution is 6.33. The largest absolute Gasteiger partial charge is 0.462 e. The maximum Gasteiger partial charge on any atom is 0.339 e. The molecule has 0 fully saturated rings. The van der Waals surface area contributed by atoms with Gasteiger partial charge < -0.3 is 15.4 Å². The van der Waals surface area contributed by atoms with E-state index in [1.807, 2.05) is 0 Å². The third-order valence-corrected chi connectivity index (χ3v) is 3.46. The summed E-state index contributed by atoms with van der Waals surface area (Å²) in [6.07, 6.45) is 1.32. The van der Waals surface area contributed by atoms with Crippen molar-refractivity contribution in [3.8, 4) is 0 Å². The number of rotatable bonds is 7. The molecule has 2 aromatic rings. The SMILES string of the molecule is CCOC(=O)c1cnc(NCC(=O)NCc2ccc(F)cc2)c(Cl)c1. The molecule has 0 saturated heterocycles. The summed E-state index contributed by atoms with van der Waals surface area (Å²) in [5.41, 5.74) is 1.02. The standard InChI is InChI=1S/C17H17ClFN3O3/c1-2-25-17(24)12-7-14(18)16(21-9-12)22-10-15(23)20-8-11-3-5-13(19)6-4-11/h3-7,9H,2,8,10H2,1H3,(H,20,23)(H,21,22). The summed E-state index contributed by atoms with van der Waals surface area (Å²) in [6, 6.07) is 7.26. The van der Waals surface area contributed by atoms with Crippen molar-refractivity contribution in [3.63, 3.8) is 0 Å². The molecule has 1 heterocycles. The van der Waals surface area contributed by atoms with E-state index >= 15 is 0 Å². The average Bonchev–Trinajstić information content (AvgIpc) is 2.60. The Bertz CT molecular complexity index is 753. The van der Waals surface area contributed by atoms with E-state index in [1.54, 1.807) is 19.1 Å². The first kappa shape index (κ1) is 18.7. The number of carbonyl (C=O) groups is 2. The molecule has 8 heteroatoms. The second-order valence-electron chi connectivity index (χ2n) is 5.03. The predicted octanol–water partition coefficient (Wildman–Crippen LogP) is 2.78. The Kier molecular flexibility index (Phi) is 6.71. The van der Waals surface area contributed by atoms with Gasteiger partial charge in [0.2, 0.25) is 5.91 Å². The molecule has 0 saturated carbocycles. The summed E-state index contributed by atoms with van der Waals surface area (Å²) in [4.78, 5) is 27.4. The van der Waals surface area contributed by atoms with Crippen LogP contribution >= 0.6 is 11.6 Å². The molecule has 0 unspecified atom stereocenters. The van der Waals surface area contributed by atoms with Crippen LogP contribution in [0.15, 0.2) is 36.5 Å². The second kappa shape index (κ2) is 8.98. The number of benzene rings is 1. The number of hydrogen-bond donors (Lipinski definition) is 2. The van der Waals surface area contributed by atoms with Crippen LogP contribution in [0, 0.1) is 5.82 Å². The van der Waals surface area contributed by atoms with Gasteiger partial charge in [-0.2, -0.15) is 0 Å². The van der Waals surface area contributed by atoms with Crippen LogP contribution in [-0.4, -0.2) is 30.0 Å². The fourth-order valence-electron chi connectivity index (χ4n) is 1.92. The second-order valence-corrected chi connectivity index (χ2v) is 5.44. The van der Waals surface area contributed by atoms with Gasteiger partial charge in [0, 0.05) is 12.7 Å². The lowest BCUT2D eigenvalue weighted by Gasteiger charge is -2.09. The van der Waals surface area contributed by atoms with Crippen molar-refractivity contribution in [1.29, 1.82) is 0 Å². The number of nitrogens with zero attached hydrogens (tertiary/aromatic N) is 1. The summed E-state index contributed by atoms with van der Waals surface area (Å²) in [5, 5.41) is 5.68. The van der Waals surface area contributed by atoms with Crippen LogP contribution in [0.5, 0.6) is 0 Å².